The molecular weight excluding hydrogens is 152 g/mol. The monoisotopic (exact) mass is 172 g/mol. The Morgan fingerprint density at radius 2 is 1.92 bits per heavy atom. The molecule has 0 saturated carbocycles. The van der Waals surface area contributed by atoms with Crippen molar-refractivity contribution in [1.29, 1.82) is 5.41 Å². The maximum atomic E-state index is 7.73. The maximum absolute atomic E-state index is 7.73. The third kappa shape index (κ3) is 3.72. The van der Waals surface area contributed by atoms with Crippen molar-refractivity contribution in [2.75, 3.05) is 20.2 Å². The molecule has 0 heterocycles. The minimum absolute atomic E-state index is 0.151. The largest absolute Gasteiger partial charge is 0.381 e. The quantitative estimate of drug-likeness (QED) is 0.506. The van der Waals surface area contributed by atoms with Gasteiger partial charge in [-0.25, -0.2) is 0 Å². The first-order valence-corrected chi connectivity index (χ1v) is 4.50. The number of hydrogen-bond donors (Lipinski definition) is 1. The standard InChI is InChI=1S/C9H20N2O/c1-5-11(6-2)9(10)7-8(3)12-4/h8,10H,5-7H2,1-4H3. The predicted molar refractivity (Wildman–Crippen MR) is 51.7 cm³/mol. The minimum atomic E-state index is 0.151. The van der Waals surface area contributed by atoms with E-state index in [9.17, 15) is 0 Å². The number of hydrogen-bond acceptors (Lipinski definition) is 2. The van der Waals surface area contributed by atoms with Gasteiger partial charge in [-0.2, -0.15) is 0 Å². The van der Waals surface area contributed by atoms with Crippen molar-refractivity contribution in [3.63, 3.8) is 0 Å². The molecule has 0 aliphatic carbocycles. The summed E-state index contributed by atoms with van der Waals surface area (Å²) in [6.07, 6.45) is 0.858. The summed E-state index contributed by atoms with van der Waals surface area (Å²) >= 11 is 0. The lowest BCUT2D eigenvalue weighted by atomic mass is 10.2. The Bertz CT molecular complexity index is 132. The zero-order valence-electron chi connectivity index (χ0n) is 8.55. The van der Waals surface area contributed by atoms with E-state index < -0.39 is 0 Å². The van der Waals surface area contributed by atoms with Gasteiger partial charge in [0.1, 0.15) is 0 Å². The van der Waals surface area contributed by atoms with Crippen molar-refractivity contribution < 1.29 is 4.74 Å². The Labute approximate surface area is 75.2 Å². The van der Waals surface area contributed by atoms with E-state index >= 15 is 0 Å². The lowest BCUT2D eigenvalue weighted by Gasteiger charge is -2.23. The lowest BCUT2D eigenvalue weighted by molar-refractivity contribution is 0.121. The molecule has 0 rings (SSSR count). The van der Waals surface area contributed by atoms with Gasteiger partial charge in [0.25, 0.3) is 0 Å². The molecule has 0 spiro atoms. The highest BCUT2D eigenvalue weighted by atomic mass is 16.5. The summed E-state index contributed by atoms with van der Waals surface area (Å²) in [6, 6.07) is 0. The van der Waals surface area contributed by atoms with Crippen molar-refractivity contribution in [2.24, 2.45) is 0 Å². The van der Waals surface area contributed by atoms with Crippen LogP contribution in [0.25, 0.3) is 0 Å². The van der Waals surface area contributed by atoms with Gasteiger partial charge in [0.05, 0.1) is 11.9 Å². The molecule has 0 amide bonds. The van der Waals surface area contributed by atoms with Crippen molar-refractivity contribution >= 4 is 5.84 Å². The van der Waals surface area contributed by atoms with E-state index in [-0.39, 0.29) is 6.10 Å². The summed E-state index contributed by atoms with van der Waals surface area (Å²) in [4.78, 5) is 2.04. The summed E-state index contributed by atoms with van der Waals surface area (Å²) in [6.45, 7) is 7.93. The van der Waals surface area contributed by atoms with E-state index in [1.165, 1.54) is 0 Å². The summed E-state index contributed by atoms with van der Waals surface area (Å²) < 4.78 is 5.09. The van der Waals surface area contributed by atoms with Crippen LogP contribution in [0.1, 0.15) is 27.2 Å². The van der Waals surface area contributed by atoms with Crippen molar-refractivity contribution in [3.05, 3.63) is 0 Å². The normalized spacial score (nSPS) is 12.7. The molecule has 0 aromatic heterocycles. The molecule has 0 saturated heterocycles. The highest BCUT2D eigenvalue weighted by Crippen LogP contribution is 2.00. The van der Waals surface area contributed by atoms with Crippen molar-refractivity contribution in [3.8, 4) is 0 Å². The summed E-state index contributed by atoms with van der Waals surface area (Å²) in [5.74, 6) is 0.675. The van der Waals surface area contributed by atoms with Gasteiger partial charge in [-0.1, -0.05) is 0 Å². The highest BCUT2D eigenvalue weighted by Gasteiger charge is 2.08. The molecule has 1 N–H and O–H groups in total. The van der Waals surface area contributed by atoms with E-state index in [1.807, 2.05) is 11.8 Å². The van der Waals surface area contributed by atoms with Crippen molar-refractivity contribution in [1.82, 2.24) is 4.90 Å². The zero-order chi connectivity index (χ0) is 9.56. The molecule has 0 aliphatic rings. The van der Waals surface area contributed by atoms with Crippen LogP contribution >= 0.6 is 0 Å². The van der Waals surface area contributed by atoms with Gasteiger partial charge in [0.15, 0.2) is 0 Å². The van der Waals surface area contributed by atoms with Gasteiger partial charge in [0, 0.05) is 26.6 Å². The second-order valence-corrected chi connectivity index (χ2v) is 2.87. The third-order valence-electron chi connectivity index (χ3n) is 2.03. The van der Waals surface area contributed by atoms with Gasteiger partial charge < -0.3 is 9.64 Å². The fourth-order valence-electron chi connectivity index (χ4n) is 1.09. The first kappa shape index (κ1) is 11.4. The SMILES string of the molecule is CCN(CC)C(=N)CC(C)OC. The van der Waals surface area contributed by atoms with Gasteiger partial charge in [-0.3, -0.25) is 5.41 Å². The van der Waals surface area contributed by atoms with E-state index in [2.05, 4.69) is 13.8 Å². The van der Waals surface area contributed by atoms with Gasteiger partial charge in [-0.15, -0.1) is 0 Å². The number of amidine groups is 1. The molecule has 0 aliphatic heterocycles. The van der Waals surface area contributed by atoms with Crippen LogP contribution in [-0.4, -0.2) is 37.0 Å². The van der Waals surface area contributed by atoms with Crippen LogP contribution in [0.3, 0.4) is 0 Å². The Balaban J connectivity index is 3.84. The molecule has 12 heavy (non-hydrogen) atoms. The van der Waals surface area contributed by atoms with Crippen LogP contribution < -0.4 is 0 Å². The Morgan fingerprint density at radius 3 is 2.25 bits per heavy atom. The summed E-state index contributed by atoms with van der Waals surface area (Å²) in [5, 5.41) is 7.73. The number of ether oxygens (including phenoxy) is 1. The van der Waals surface area contributed by atoms with Gasteiger partial charge in [-0.05, 0) is 20.8 Å². The van der Waals surface area contributed by atoms with E-state index in [4.69, 9.17) is 10.1 Å². The minimum Gasteiger partial charge on any atom is -0.381 e. The third-order valence-corrected chi connectivity index (χ3v) is 2.03. The Kier molecular flexibility index (Phi) is 5.72. The second-order valence-electron chi connectivity index (χ2n) is 2.87. The molecule has 72 valence electrons. The molecule has 1 atom stereocenters. The average Bonchev–Trinajstić information content (AvgIpc) is 2.06. The molecule has 0 fully saturated rings. The van der Waals surface area contributed by atoms with Crippen LogP contribution in [0.4, 0.5) is 0 Å². The smallest absolute Gasteiger partial charge is 0.0983 e. The van der Waals surface area contributed by atoms with Crippen LogP contribution in [0.15, 0.2) is 0 Å². The number of methoxy groups -OCH3 is 1. The molecule has 3 heteroatoms. The van der Waals surface area contributed by atoms with E-state index in [1.54, 1.807) is 7.11 Å². The average molecular weight is 172 g/mol. The van der Waals surface area contributed by atoms with Crippen LogP contribution in [-0.2, 0) is 4.74 Å². The first-order valence-electron chi connectivity index (χ1n) is 4.50. The molecule has 0 bridgehead atoms. The van der Waals surface area contributed by atoms with Crippen LogP contribution in [0.5, 0.6) is 0 Å². The Morgan fingerprint density at radius 1 is 1.42 bits per heavy atom. The van der Waals surface area contributed by atoms with E-state index in [0.717, 1.165) is 13.1 Å². The number of rotatable bonds is 5. The highest BCUT2D eigenvalue weighted by molar-refractivity contribution is 5.79. The fraction of sp³-hybridized carbons (Fsp3) is 0.889. The van der Waals surface area contributed by atoms with Crippen molar-refractivity contribution in [2.45, 2.75) is 33.3 Å². The predicted octanol–water partition coefficient (Wildman–Crippen LogP) is 1.73. The van der Waals surface area contributed by atoms with Crippen LogP contribution in [0, 0.1) is 5.41 Å². The van der Waals surface area contributed by atoms with Gasteiger partial charge in [0.2, 0.25) is 0 Å². The number of nitrogens with one attached hydrogen (secondary N) is 1. The zero-order valence-corrected chi connectivity index (χ0v) is 8.55. The Hall–Kier alpha value is -0.570. The summed E-state index contributed by atoms with van der Waals surface area (Å²) in [5.41, 5.74) is 0. The molecule has 0 radical (unpaired) electrons. The molecule has 0 aromatic carbocycles. The topological polar surface area (TPSA) is 36.3 Å². The van der Waals surface area contributed by atoms with E-state index in [0.29, 0.717) is 12.3 Å². The molecule has 0 aromatic rings. The second kappa shape index (κ2) is 6.00. The molecular formula is C9H20N2O. The van der Waals surface area contributed by atoms with Gasteiger partial charge >= 0.3 is 0 Å². The van der Waals surface area contributed by atoms with Crippen LogP contribution in [0.2, 0.25) is 0 Å². The fourth-order valence-corrected chi connectivity index (χ4v) is 1.09. The maximum Gasteiger partial charge on any atom is 0.0983 e. The molecule has 3 nitrogen and oxygen atoms in total. The first-order chi connectivity index (χ1) is 5.65. The molecule has 1 unspecified atom stereocenters. The summed E-state index contributed by atoms with van der Waals surface area (Å²) in [7, 11) is 1.68. The lowest BCUT2D eigenvalue weighted by Crippen LogP contribution is -2.32. The number of nitrogens with zero attached hydrogens (tertiary/aromatic N) is 1.